The maximum Gasteiger partial charge on any atom is 0.0120 e. The lowest BCUT2D eigenvalue weighted by Gasteiger charge is -2.47. The van der Waals surface area contributed by atoms with Gasteiger partial charge in [0.1, 0.15) is 0 Å². The van der Waals surface area contributed by atoms with Gasteiger partial charge in [-0.3, -0.25) is 4.90 Å². The second-order valence-corrected chi connectivity index (χ2v) is 6.86. The Balaban J connectivity index is 1.92. The lowest BCUT2D eigenvalue weighted by atomic mass is 9.85. The third kappa shape index (κ3) is 3.18. The van der Waals surface area contributed by atoms with Gasteiger partial charge < -0.3 is 5.32 Å². The molecule has 0 aliphatic carbocycles. The molecule has 0 aromatic heterocycles. The van der Waals surface area contributed by atoms with Gasteiger partial charge in [-0.15, -0.1) is 0 Å². The molecule has 2 saturated heterocycles. The quantitative estimate of drug-likeness (QED) is 0.835. The van der Waals surface area contributed by atoms with Crippen LogP contribution >= 0.6 is 11.8 Å². The average molecular weight is 256 g/mol. The van der Waals surface area contributed by atoms with Crippen molar-refractivity contribution >= 4 is 11.8 Å². The fourth-order valence-electron chi connectivity index (χ4n) is 3.47. The molecule has 1 N–H and O–H groups in total. The van der Waals surface area contributed by atoms with Gasteiger partial charge in [-0.25, -0.2) is 0 Å². The van der Waals surface area contributed by atoms with Crippen LogP contribution in [0.15, 0.2) is 0 Å². The summed E-state index contributed by atoms with van der Waals surface area (Å²) in [6.07, 6.45) is 4.16. The van der Waals surface area contributed by atoms with Crippen LogP contribution in [-0.2, 0) is 0 Å². The molecule has 0 saturated carbocycles. The van der Waals surface area contributed by atoms with Crippen molar-refractivity contribution in [1.82, 2.24) is 10.2 Å². The van der Waals surface area contributed by atoms with Crippen LogP contribution in [0.4, 0.5) is 0 Å². The van der Waals surface area contributed by atoms with Gasteiger partial charge in [-0.2, -0.15) is 11.8 Å². The molecule has 0 bridgehead atoms. The summed E-state index contributed by atoms with van der Waals surface area (Å²) in [6, 6.07) is 2.36. The Hall–Kier alpha value is 0.270. The zero-order chi connectivity index (χ0) is 12.3. The zero-order valence-electron chi connectivity index (χ0n) is 11.6. The monoisotopic (exact) mass is 256 g/mol. The predicted molar refractivity (Wildman–Crippen MR) is 77.8 cm³/mol. The first-order valence-corrected chi connectivity index (χ1v) is 8.46. The molecule has 3 atom stereocenters. The molecule has 2 heterocycles. The number of hydrogen-bond donors (Lipinski definition) is 1. The molecule has 3 unspecified atom stereocenters. The van der Waals surface area contributed by atoms with Gasteiger partial charge in [0.2, 0.25) is 0 Å². The molecule has 2 aliphatic heterocycles. The summed E-state index contributed by atoms with van der Waals surface area (Å²) < 4.78 is 0. The Labute approximate surface area is 111 Å². The molecule has 0 spiro atoms. The van der Waals surface area contributed by atoms with Crippen molar-refractivity contribution in [2.24, 2.45) is 5.92 Å². The molecule has 0 amide bonds. The highest BCUT2D eigenvalue weighted by atomic mass is 32.2. The van der Waals surface area contributed by atoms with E-state index in [9.17, 15) is 0 Å². The van der Waals surface area contributed by atoms with Crippen LogP contribution in [0.2, 0.25) is 0 Å². The van der Waals surface area contributed by atoms with Crippen molar-refractivity contribution in [1.29, 1.82) is 0 Å². The number of piperidine rings is 1. The van der Waals surface area contributed by atoms with Crippen LogP contribution in [0.1, 0.15) is 40.0 Å². The third-order valence-electron chi connectivity index (χ3n) is 4.74. The number of nitrogens with one attached hydrogen (secondary N) is 1. The maximum absolute atomic E-state index is 3.66. The van der Waals surface area contributed by atoms with E-state index in [2.05, 4.69) is 42.7 Å². The summed E-state index contributed by atoms with van der Waals surface area (Å²) in [6.45, 7) is 9.51. The van der Waals surface area contributed by atoms with E-state index in [4.69, 9.17) is 0 Å². The second kappa shape index (κ2) is 6.44. The minimum absolute atomic E-state index is 0.740. The second-order valence-electron chi connectivity index (χ2n) is 5.63. The normalized spacial score (nSPS) is 37.2. The molecule has 0 radical (unpaired) electrons. The highest BCUT2D eigenvalue weighted by Gasteiger charge is 2.35. The van der Waals surface area contributed by atoms with Crippen molar-refractivity contribution in [3.05, 3.63) is 0 Å². The van der Waals surface area contributed by atoms with Crippen molar-refractivity contribution in [2.45, 2.75) is 58.2 Å². The van der Waals surface area contributed by atoms with Crippen LogP contribution < -0.4 is 5.32 Å². The van der Waals surface area contributed by atoms with Gasteiger partial charge in [-0.05, 0) is 50.2 Å². The first-order chi connectivity index (χ1) is 8.24. The molecule has 2 rings (SSSR count). The highest BCUT2D eigenvalue weighted by molar-refractivity contribution is 7.99. The van der Waals surface area contributed by atoms with E-state index in [0.29, 0.717) is 0 Å². The van der Waals surface area contributed by atoms with Gasteiger partial charge in [0, 0.05) is 24.7 Å². The van der Waals surface area contributed by atoms with Gasteiger partial charge in [0.25, 0.3) is 0 Å². The zero-order valence-corrected chi connectivity index (χ0v) is 12.4. The maximum atomic E-state index is 3.66. The Morgan fingerprint density at radius 1 is 1.18 bits per heavy atom. The van der Waals surface area contributed by atoms with Gasteiger partial charge >= 0.3 is 0 Å². The van der Waals surface area contributed by atoms with Crippen molar-refractivity contribution in [3.8, 4) is 0 Å². The molecular formula is C14H28N2S. The molecule has 2 fully saturated rings. The first kappa shape index (κ1) is 13.7. The molecule has 100 valence electrons. The standard InChI is InChI=1S/C14H28N2S/c1-4-15-14-5-8-16(12(3)11(14)2)13-6-9-17-10-7-13/h11-15H,4-10H2,1-3H3. The van der Waals surface area contributed by atoms with E-state index >= 15 is 0 Å². The summed E-state index contributed by atoms with van der Waals surface area (Å²) in [5.74, 6) is 3.54. The number of thioether (sulfide) groups is 1. The predicted octanol–water partition coefficient (Wildman–Crippen LogP) is 2.59. The topological polar surface area (TPSA) is 15.3 Å². The van der Waals surface area contributed by atoms with Crippen molar-refractivity contribution in [3.63, 3.8) is 0 Å². The summed E-state index contributed by atoms with van der Waals surface area (Å²) in [7, 11) is 0. The SMILES string of the molecule is CCNC1CCN(C2CCSCC2)C(C)C1C. The molecule has 2 aliphatic rings. The molecular weight excluding hydrogens is 228 g/mol. The lowest BCUT2D eigenvalue weighted by Crippen LogP contribution is -2.56. The van der Waals surface area contributed by atoms with Crippen molar-refractivity contribution in [2.75, 3.05) is 24.6 Å². The molecule has 0 aromatic rings. The van der Waals surface area contributed by atoms with Crippen LogP contribution in [-0.4, -0.2) is 47.6 Å². The van der Waals surface area contributed by atoms with Crippen LogP contribution in [0.25, 0.3) is 0 Å². The van der Waals surface area contributed by atoms with E-state index in [1.165, 1.54) is 37.3 Å². The number of nitrogens with zero attached hydrogens (tertiary/aromatic N) is 1. The summed E-state index contributed by atoms with van der Waals surface area (Å²) in [5, 5.41) is 3.66. The number of likely N-dealkylation sites (tertiary alicyclic amines) is 1. The highest BCUT2D eigenvalue weighted by Crippen LogP contribution is 2.30. The molecule has 0 aromatic carbocycles. The Morgan fingerprint density at radius 3 is 2.53 bits per heavy atom. The van der Waals surface area contributed by atoms with E-state index in [-0.39, 0.29) is 0 Å². The molecule has 3 heteroatoms. The summed E-state index contributed by atoms with van der Waals surface area (Å²) in [4.78, 5) is 2.80. The fourth-order valence-corrected chi connectivity index (χ4v) is 4.56. The fraction of sp³-hybridized carbons (Fsp3) is 1.00. The Kier molecular flexibility index (Phi) is 5.19. The van der Waals surface area contributed by atoms with E-state index in [0.717, 1.165) is 30.6 Å². The van der Waals surface area contributed by atoms with Gasteiger partial charge in [0.15, 0.2) is 0 Å². The van der Waals surface area contributed by atoms with E-state index < -0.39 is 0 Å². The first-order valence-electron chi connectivity index (χ1n) is 7.31. The smallest absolute Gasteiger partial charge is 0.0120 e. The minimum atomic E-state index is 0.740. The largest absolute Gasteiger partial charge is 0.314 e. The number of hydrogen-bond acceptors (Lipinski definition) is 3. The molecule has 2 nitrogen and oxygen atoms in total. The minimum Gasteiger partial charge on any atom is -0.314 e. The molecule has 17 heavy (non-hydrogen) atoms. The van der Waals surface area contributed by atoms with E-state index in [1.54, 1.807) is 0 Å². The summed E-state index contributed by atoms with van der Waals surface area (Å²) in [5.41, 5.74) is 0. The van der Waals surface area contributed by atoms with Crippen LogP contribution in [0.3, 0.4) is 0 Å². The average Bonchev–Trinajstić information content (AvgIpc) is 2.36. The van der Waals surface area contributed by atoms with Gasteiger partial charge in [-0.1, -0.05) is 13.8 Å². The van der Waals surface area contributed by atoms with Crippen molar-refractivity contribution < 1.29 is 0 Å². The number of rotatable bonds is 3. The Morgan fingerprint density at radius 2 is 1.88 bits per heavy atom. The third-order valence-corrected chi connectivity index (χ3v) is 5.79. The summed E-state index contributed by atoms with van der Waals surface area (Å²) >= 11 is 2.13. The lowest BCUT2D eigenvalue weighted by molar-refractivity contribution is 0.0437. The van der Waals surface area contributed by atoms with Crippen LogP contribution in [0, 0.1) is 5.92 Å². The van der Waals surface area contributed by atoms with E-state index in [1.807, 2.05) is 0 Å². The Bertz CT molecular complexity index is 228. The van der Waals surface area contributed by atoms with Crippen LogP contribution in [0.5, 0.6) is 0 Å². The van der Waals surface area contributed by atoms with Gasteiger partial charge in [0.05, 0.1) is 0 Å².